The second kappa shape index (κ2) is 8.40. The number of carbonyl (C=O) groups is 1. The summed E-state index contributed by atoms with van der Waals surface area (Å²) in [5.74, 6) is -0.0620. The quantitative estimate of drug-likeness (QED) is 0.494. The highest BCUT2D eigenvalue weighted by molar-refractivity contribution is 6.05. The van der Waals surface area contributed by atoms with E-state index in [4.69, 9.17) is 0 Å². The number of rotatable bonds is 5. The number of hydrogen-bond acceptors (Lipinski definition) is 3. The van der Waals surface area contributed by atoms with Gasteiger partial charge in [-0.05, 0) is 41.5 Å². The molecule has 0 saturated heterocycles. The Bertz CT molecular complexity index is 1130. The van der Waals surface area contributed by atoms with Crippen molar-refractivity contribution in [2.45, 2.75) is 6.42 Å². The molecule has 0 aliphatic rings. The zero-order chi connectivity index (χ0) is 20.1. The Kier molecular flexibility index (Phi) is 5.34. The fourth-order valence-electron chi connectivity index (χ4n) is 3.20. The smallest absolute Gasteiger partial charge is 0.255 e. The van der Waals surface area contributed by atoms with Crippen LogP contribution in [0.3, 0.4) is 0 Å². The zero-order valence-corrected chi connectivity index (χ0v) is 15.7. The number of aromatic hydroxyl groups is 1. The number of carbonyl (C=O) groups excluding carboxylic acids is 1. The van der Waals surface area contributed by atoms with Crippen LogP contribution in [0.1, 0.15) is 21.6 Å². The molecule has 1 heterocycles. The fourth-order valence-corrected chi connectivity index (χ4v) is 3.20. The highest BCUT2D eigenvalue weighted by atomic mass is 16.3. The molecule has 2 N–H and O–H groups in total. The molecule has 3 aromatic carbocycles. The van der Waals surface area contributed by atoms with Crippen molar-refractivity contribution in [3.63, 3.8) is 0 Å². The molecular weight excluding hydrogens is 360 g/mol. The summed E-state index contributed by atoms with van der Waals surface area (Å²) in [5, 5.41) is 13.7. The van der Waals surface area contributed by atoms with Crippen LogP contribution < -0.4 is 5.32 Å². The Morgan fingerprint density at radius 2 is 1.59 bits per heavy atom. The molecule has 0 fully saturated rings. The summed E-state index contributed by atoms with van der Waals surface area (Å²) >= 11 is 0. The molecule has 0 atom stereocenters. The van der Waals surface area contributed by atoms with Crippen LogP contribution >= 0.6 is 0 Å². The number of anilines is 1. The standard InChI is InChI=1S/C25H20N2O2/c28-24-22(14-15-26-23(24)16-18-8-3-1-4-9-18)19-10-7-11-20(17-19)25(29)27-21-12-5-2-6-13-21/h1-15,17,28H,16H2,(H,27,29). The molecule has 1 amide bonds. The Hall–Kier alpha value is -3.92. The van der Waals surface area contributed by atoms with Crippen molar-refractivity contribution in [2.75, 3.05) is 5.32 Å². The maximum Gasteiger partial charge on any atom is 0.255 e. The first-order valence-electron chi connectivity index (χ1n) is 9.38. The summed E-state index contributed by atoms with van der Waals surface area (Å²) in [6.07, 6.45) is 2.22. The summed E-state index contributed by atoms with van der Waals surface area (Å²) in [6.45, 7) is 0. The summed E-state index contributed by atoms with van der Waals surface area (Å²) in [5.41, 5.74) is 4.35. The van der Waals surface area contributed by atoms with Crippen LogP contribution in [0.25, 0.3) is 11.1 Å². The molecule has 0 spiro atoms. The molecule has 0 aliphatic carbocycles. The van der Waals surface area contributed by atoms with Gasteiger partial charge in [0, 0.05) is 29.4 Å². The lowest BCUT2D eigenvalue weighted by Crippen LogP contribution is -2.11. The van der Waals surface area contributed by atoms with E-state index in [1.165, 1.54) is 0 Å². The van der Waals surface area contributed by atoms with E-state index in [2.05, 4.69) is 10.3 Å². The third kappa shape index (κ3) is 4.33. The number of para-hydroxylation sites is 1. The molecule has 29 heavy (non-hydrogen) atoms. The Morgan fingerprint density at radius 3 is 2.34 bits per heavy atom. The van der Waals surface area contributed by atoms with E-state index in [1.807, 2.05) is 72.8 Å². The van der Waals surface area contributed by atoms with E-state index in [1.54, 1.807) is 24.4 Å². The maximum atomic E-state index is 12.6. The van der Waals surface area contributed by atoms with E-state index in [0.29, 0.717) is 23.2 Å². The van der Waals surface area contributed by atoms with Crippen LogP contribution in [-0.4, -0.2) is 16.0 Å². The maximum absolute atomic E-state index is 12.6. The molecule has 4 nitrogen and oxygen atoms in total. The highest BCUT2D eigenvalue weighted by Gasteiger charge is 2.13. The largest absolute Gasteiger partial charge is 0.505 e. The van der Waals surface area contributed by atoms with Crippen LogP contribution in [0.4, 0.5) is 5.69 Å². The SMILES string of the molecule is O=C(Nc1ccccc1)c1cccc(-c2ccnc(Cc3ccccc3)c2O)c1. The third-order valence-corrected chi connectivity index (χ3v) is 4.68. The van der Waals surface area contributed by atoms with Crippen molar-refractivity contribution in [3.05, 3.63) is 114 Å². The van der Waals surface area contributed by atoms with Crippen molar-refractivity contribution in [3.8, 4) is 16.9 Å². The van der Waals surface area contributed by atoms with Gasteiger partial charge in [-0.15, -0.1) is 0 Å². The molecule has 4 aromatic rings. The van der Waals surface area contributed by atoms with Crippen LogP contribution in [0, 0.1) is 0 Å². The summed E-state index contributed by atoms with van der Waals surface area (Å²) < 4.78 is 0. The molecule has 1 aromatic heterocycles. The minimum Gasteiger partial charge on any atom is -0.505 e. The first-order valence-corrected chi connectivity index (χ1v) is 9.38. The normalized spacial score (nSPS) is 10.5. The fraction of sp³-hybridized carbons (Fsp3) is 0.0400. The van der Waals surface area contributed by atoms with Gasteiger partial charge < -0.3 is 10.4 Å². The van der Waals surface area contributed by atoms with Gasteiger partial charge in [0.2, 0.25) is 0 Å². The Balaban J connectivity index is 1.61. The topological polar surface area (TPSA) is 62.2 Å². The number of nitrogens with one attached hydrogen (secondary N) is 1. The molecule has 142 valence electrons. The van der Waals surface area contributed by atoms with Crippen LogP contribution in [0.15, 0.2) is 97.2 Å². The molecule has 0 aliphatic heterocycles. The predicted octanol–water partition coefficient (Wildman–Crippen LogP) is 5.30. The molecule has 4 heteroatoms. The van der Waals surface area contributed by atoms with Gasteiger partial charge >= 0.3 is 0 Å². The van der Waals surface area contributed by atoms with Gasteiger partial charge in [-0.3, -0.25) is 9.78 Å². The summed E-state index contributed by atoms with van der Waals surface area (Å²) in [7, 11) is 0. The van der Waals surface area contributed by atoms with E-state index in [0.717, 1.165) is 16.8 Å². The first kappa shape index (κ1) is 18.4. The van der Waals surface area contributed by atoms with E-state index >= 15 is 0 Å². The number of amides is 1. The van der Waals surface area contributed by atoms with E-state index in [9.17, 15) is 9.90 Å². The van der Waals surface area contributed by atoms with Crippen LogP contribution in [0.2, 0.25) is 0 Å². The highest BCUT2D eigenvalue weighted by Crippen LogP contribution is 2.32. The van der Waals surface area contributed by atoms with E-state index in [-0.39, 0.29) is 11.7 Å². The molecule has 0 unspecified atom stereocenters. The van der Waals surface area contributed by atoms with Crippen molar-refractivity contribution in [2.24, 2.45) is 0 Å². The minimum absolute atomic E-state index is 0.136. The minimum atomic E-state index is -0.198. The lowest BCUT2D eigenvalue weighted by Gasteiger charge is -2.11. The molecule has 4 rings (SSSR count). The van der Waals surface area contributed by atoms with E-state index < -0.39 is 0 Å². The van der Waals surface area contributed by atoms with Crippen molar-refractivity contribution in [1.29, 1.82) is 0 Å². The van der Waals surface area contributed by atoms with Crippen LogP contribution in [-0.2, 0) is 6.42 Å². The van der Waals surface area contributed by atoms with Gasteiger partial charge in [0.1, 0.15) is 5.75 Å². The third-order valence-electron chi connectivity index (χ3n) is 4.68. The van der Waals surface area contributed by atoms with Gasteiger partial charge in [0.05, 0.1) is 5.69 Å². The molecule has 0 bridgehead atoms. The second-order valence-electron chi connectivity index (χ2n) is 6.72. The number of pyridine rings is 1. The van der Waals surface area contributed by atoms with Gasteiger partial charge in [0.15, 0.2) is 0 Å². The second-order valence-corrected chi connectivity index (χ2v) is 6.72. The van der Waals surface area contributed by atoms with Crippen LogP contribution in [0.5, 0.6) is 5.75 Å². The van der Waals surface area contributed by atoms with Crippen molar-refractivity contribution in [1.82, 2.24) is 4.98 Å². The Labute approximate surface area is 169 Å². The summed E-state index contributed by atoms with van der Waals surface area (Å²) in [6, 6.07) is 28.2. The predicted molar refractivity (Wildman–Crippen MR) is 115 cm³/mol. The van der Waals surface area contributed by atoms with Gasteiger partial charge in [-0.25, -0.2) is 0 Å². The molecular formula is C25H20N2O2. The number of hydrogen-bond donors (Lipinski definition) is 2. The zero-order valence-electron chi connectivity index (χ0n) is 15.7. The lowest BCUT2D eigenvalue weighted by molar-refractivity contribution is 0.102. The average Bonchev–Trinajstić information content (AvgIpc) is 2.77. The van der Waals surface area contributed by atoms with Gasteiger partial charge in [0.25, 0.3) is 5.91 Å². The number of nitrogens with zero attached hydrogens (tertiary/aromatic N) is 1. The Morgan fingerprint density at radius 1 is 0.862 bits per heavy atom. The van der Waals surface area contributed by atoms with Gasteiger partial charge in [-0.1, -0.05) is 60.7 Å². The summed E-state index contributed by atoms with van der Waals surface area (Å²) in [4.78, 5) is 16.9. The van der Waals surface area contributed by atoms with Crippen molar-refractivity contribution >= 4 is 11.6 Å². The monoisotopic (exact) mass is 380 g/mol. The molecule has 0 radical (unpaired) electrons. The number of aromatic nitrogens is 1. The van der Waals surface area contributed by atoms with Gasteiger partial charge in [-0.2, -0.15) is 0 Å². The lowest BCUT2D eigenvalue weighted by atomic mass is 10.00. The van der Waals surface area contributed by atoms with Crippen molar-refractivity contribution < 1.29 is 9.90 Å². The number of benzene rings is 3. The first-order chi connectivity index (χ1) is 14.2. The molecule has 0 saturated carbocycles. The average molecular weight is 380 g/mol.